The van der Waals surface area contributed by atoms with Gasteiger partial charge in [0.1, 0.15) is 12.1 Å². The molecule has 1 heterocycles. The largest absolute Gasteiger partial charge is 0.491 e. The van der Waals surface area contributed by atoms with Gasteiger partial charge in [0.25, 0.3) is 6.43 Å². The van der Waals surface area contributed by atoms with E-state index in [4.69, 9.17) is 9.47 Å². The lowest BCUT2D eigenvalue weighted by atomic mass is 10.1. The van der Waals surface area contributed by atoms with Crippen LogP contribution >= 0.6 is 0 Å². The number of alkyl halides is 2. The van der Waals surface area contributed by atoms with Crippen molar-refractivity contribution in [2.24, 2.45) is 0 Å². The van der Waals surface area contributed by atoms with Gasteiger partial charge in [0, 0.05) is 23.4 Å². The van der Waals surface area contributed by atoms with Crippen LogP contribution in [0.15, 0.2) is 30.6 Å². The van der Waals surface area contributed by atoms with E-state index in [2.05, 4.69) is 10.1 Å². The topological polar surface area (TPSA) is 66.2 Å². The summed E-state index contributed by atoms with van der Waals surface area (Å²) in [5, 5.41) is 4.16. The molecule has 1 aromatic carbocycles. The molecule has 0 radical (unpaired) electrons. The van der Waals surface area contributed by atoms with Gasteiger partial charge in [-0.15, -0.1) is 5.10 Å². The van der Waals surface area contributed by atoms with Crippen LogP contribution in [0.3, 0.4) is 0 Å². The molecule has 0 fully saturated rings. The van der Waals surface area contributed by atoms with Gasteiger partial charge in [0.2, 0.25) is 0 Å². The summed E-state index contributed by atoms with van der Waals surface area (Å²) in [4.78, 5) is 15.6. The van der Waals surface area contributed by atoms with Gasteiger partial charge in [-0.2, -0.15) is 0 Å². The number of esters is 1. The standard InChI is InChI=1S/C18H21F2N3O3/c1-11(2)25-15-8-13(17(19)20)7-14(9-15)18-21-10-23(22-18)6-5-16(24)26-12(3)4/h5-12,17H,1-4H3/b6-5-. The van der Waals surface area contributed by atoms with E-state index in [9.17, 15) is 13.6 Å². The van der Waals surface area contributed by atoms with Crippen molar-refractivity contribution in [3.8, 4) is 17.1 Å². The van der Waals surface area contributed by atoms with Crippen LogP contribution in [0.2, 0.25) is 0 Å². The second-order valence-electron chi connectivity index (χ2n) is 6.11. The second-order valence-corrected chi connectivity index (χ2v) is 6.11. The number of hydrogen-bond acceptors (Lipinski definition) is 5. The Balaban J connectivity index is 2.25. The molecule has 0 atom stereocenters. The van der Waals surface area contributed by atoms with Gasteiger partial charge in [0.05, 0.1) is 12.2 Å². The number of carbonyl (C=O) groups excluding carboxylic acids is 1. The maximum absolute atomic E-state index is 13.1. The zero-order chi connectivity index (χ0) is 19.3. The third-order valence-electron chi connectivity index (χ3n) is 3.03. The Kier molecular flexibility index (Phi) is 6.43. The Morgan fingerprint density at radius 2 is 1.88 bits per heavy atom. The van der Waals surface area contributed by atoms with Gasteiger partial charge in [-0.3, -0.25) is 0 Å². The van der Waals surface area contributed by atoms with Crippen molar-refractivity contribution < 1.29 is 23.0 Å². The first-order valence-corrected chi connectivity index (χ1v) is 8.14. The summed E-state index contributed by atoms with van der Waals surface area (Å²) in [5.41, 5.74) is 0.223. The summed E-state index contributed by atoms with van der Waals surface area (Å²) in [7, 11) is 0. The lowest BCUT2D eigenvalue weighted by molar-refractivity contribution is -0.141. The number of hydrogen-bond donors (Lipinski definition) is 0. The summed E-state index contributed by atoms with van der Waals surface area (Å²) >= 11 is 0. The molecule has 8 heteroatoms. The maximum atomic E-state index is 13.1. The fourth-order valence-electron chi connectivity index (χ4n) is 2.11. The molecule has 0 saturated carbocycles. The zero-order valence-corrected chi connectivity index (χ0v) is 15.0. The van der Waals surface area contributed by atoms with Crippen molar-refractivity contribution in [2.75, 3.05) is 0 Å². The van der Waals surface area contributed by atoms with Crippen molar-refractivity contribution in [3.63, 3.8) is 0 Å². The molecular formula is C18H21F2N3O3. The molecular weight excluding hydrogens is 344 g/mol. The van der Waals surface area contributed by atoms with E-state index in [1.807, 2.05) is 13.8 Å². The number of carbonyl (C=O) groups is 1. The smallest absolute Gasteiger partial charge is 0.332 e. The molecule has 26 heavy (non-hydrogen) atoms. The van der Waals surface area contributed by atoms with Crippen LogP contribution in [0.4, 0.5) is 8.78 Å². The molecule has 0 aliphatic rings. The summed E-state index contributed by atoms with van der Waals surface area (Å²) in [5.74, 6) is 0.0487. The maximum Gasteiger partial charge on any atom is 0.332 e. The Bertz CT molecular complexity index is 786. The molecule has 0 aliphatic carbocycles. The van der Waals surface area contributed by atoms with Crippen molar-refractivity contribution >= 4 is 12.2 Å². The molecule has 0 N–H and O–H groups in total. The van der Waals surface area contributed by atoms with Crippen LogP contribution in [0, 0.1) is 0 Å². The lowest BCUT2D eigenvalue weighted by Gasteiger charge is -2.12. The third-order valence-corrected chi connectivity index (χ3v) is 3.03. The molecule has 0 saturated heterocycles. The van der Waals surface area contributed by atoms with Crippen LogP contribution in [-0.2, 0) is 9.53 Å². The summed E-state index contributed by atoms with van der Waals surface area (Å²) in [6.07, 6.45) is 0.931. The predicted octanol–water partition coefficient (Wildman–Crippen LogP) is 4.09. The van der Waals surface area contributed by atoms with Gasteiger partial charge in [-0.05, 0) is 45.9 Å². The highest BCUT2D eigenvalue weighted by molar-refractivity contribution is 5.85. The number of halogens is 2. The number of aromatic nitrogens is 3. The Hall–Kier alpha value is -2.77. The molecule has 0 amide bonds. The van der Waals surface area contributed by atoms with E-state index in [-0.39, 0.29) is 23.6 Å². The monoisotopic (exact) mass is 365 g/mol. The fraction of sp³-hybridized carbons (Fsp3) is 0.389. The Labute approximate surface area is 150 Å². The number of ether oxygens (including phenoxy) is 2. The SMILES string of the molecule is CC(C)OC(=O)/C=C\n1cnc(-c2cc(OC(C)C)cc(C(F)F)c2)n1. The van der Waals surface area contributed by atoms with Crippen molar-refractivity contribution in [2.45, 2.75) is 46.3 Å². The van der Waals surface area contributed by atoms with Crippen LogP contribution in [-0.4, -0.2) is 32.9 Å². The van der Waals surface area contributed by atoms with Gasteiger partial charge < -0.3 is 9.47 Å². The summed E-state index contributed by atoms with van der Waals surface area (Å²) in [6, 6.07) is 4.21. The minimum atomic E-state index is -2.64. The Morgan fingerprint density at radius 3 is 2.50 bits per heavy atom. The number of benzene rings is 1. The van der Waals surface area contributed by atoms with Crippen molar-refractivity contribution in [1.82, 2.24) is 14.8 Å². The van der Waals surface area contributed by atoms with Gasteiger partial charge in [-0.25, -0.2) is 23.2 Å². The van der Waals surface area contributed by atoms with E-state index in [1.165, 1.54) is 35.4 Å². The molecule has 1 aromatic heterocycles. The molecule has 0 aliphatic heterocycles. The second kappa shape index (κ2) is 8.55. The van der Waals surface area contributed by atoms with E-state index < -0.39 is 12.4 Å². The van der Waals surface area contributed by atoms with Crippen LogP contribution in [0.25, 0.3) is 17.6 Å². The molecule has 6 nitrogen and oxygen atoms in total. The van der Waals surface area contributed by atoms with E-state index in [0.717, 1.165) is 0 Å². The van der Waals surface area contributed by atoms with E-state index >= 15 is 0 Å². The van der Waals surface area contributed by atoms with E-state index in [1.54, 1.807) is 19.9 Å². The molecule has 2 rings (SSSR count). The highest BCUT2D eigenvalue weighted by Crippen LogP contribution is 2.29. The molecule has 140 valence electrons. The zero-order valence-electron chi connectivity index (χ0n) is 15.0. The third kappa shape index (κ3) is 5.65. The lowest BCUT2D eigenvalue weighted by Crippen LogP contribution is -2.08. The first-order chi connectivity index (χ1) is 12.2. The number of rotatable bonds is 7. The molecule has 0 unspecified atom stereocenters. The quantitative estimate of drug-likeness (QED) is 0.546. The highest BCUT2D eigenvalue weighted by atomic mass is 19.3. The van der Waals surface area contributed by atoms with Crippen LogP contribution in [0.5, 0.6) is 5.75 Å². The van der Waals surface area contributed by atoms with Gasteiger partial charge >= 0.3 is 5.97 Å². The molecule has 0 bridgehead atoms. The Morgan fingerprint density at radius 1 is 1.15 bits per heavy atom. The average molecular weight is 365 g/mol. The summed E-state index contributed by atoms with van der Waals surface area (Å²) in [6.45, 7) is 7.10. The number of nitrogens with zero attached hydrogens (tertiary/aromatic N) is 3. The minimum Gasteiger partial charge on any atom is -0.491 e. The average Bonchev–Trinajstić information content (AvgIpc) is 3.00. The van der Waals surface area contributed by atoms with Gasteiger partial charge in [0.15, 0.2) is 5.82 Å². The van der Waals surface area contributed by atoms with Crippen molar-refractivity contribution in [1.29, 1.82) is 0 Å². The molecule has 2 aromatic rings. The summed E-state index contributed by atoms with van der Waals surface area (Å²) < 4.78 is 38.1. The predicted molar refractivity (Wildman–Crippen MR) is 92.7 cm³/mol. The molecule has 0 spiro atoms. The minimum absolute atomic E-state index is 0.156. The fourth-order valence-corrected chi connectivity index (χ4v) is 2.11. The van der Waals surface area contributed by atoms with Gasteiger partial charge in [-0.1, -0.05) is 0 Å². The van der Waals surface area contributed by atoms with E-state index in [0.29, 0.717) is 11.3 Å². The van der Waals surface area contributed by atoms with Crippen LogP contribution < -0.4 is 4.74 Å². The first kappa shape index (κ1) is 19.6. The highest BCUT2D eigenvalue weighted by Gasteiger charge is 2.14. The first-order valence-electron chi connectivity index (χ1n) is 8.14. The van der Waals surface area contributed by atoms with Crippen molar-refractivity contribution in [3.05, 3.63) is 36.2 Å². The normalized spacial score (nSPS) is 11.7. The van der Waals surface area contributed by atoms with Crippen LogP contribution in [0.1, 0.15) is 39.7 Å².